The Hall–Kier alpha value is -3.11. The first kappa shape index (κ1) is 15.8. The largest absolute Gasteiger partial charge is 0.493 e. The molecule has 0 saturated carbocycles. The Morgan fingerprint density at radius 2 is 2.08 bits per heavy atom. The van der Waals surface area contributed by atoms with Crippen molar-refractivity contribution in [3.05, 3.63) is 62.3 Å². The Labute approximate surface area is 142 Å². The van der Waals surface area contributed by atoms with Crippen molar-refractivity contribution in [3.63, 3.8) is 0 Å². The molecule has 1 aromatic carbocycles. The van der Waals surface area contributed by atoms with Crippen molar-refractivity contribution in [2.75, 3.05) is 0 Å². The summed E-state index contributed by atoms with van der Waals surface area (Å²) in [6.45, 7) is 1.82. The molecule has 2 heterocycles. The van der Waals surface area contributed by atoms with Gasteiger partial charge in [-0.05, 0) is 25.1 Å². The highest BCUT2D eigenvalue weighted by molar-refractivity contribution is 7.11. The van der Waals surface area contributed by atoms with Crippen molar-refractivity contribution in [2.24, 2.45) is 7.05 Å². The molecule has 24 heavy (non-hydrogen) atoms. The number of nitrogens with zero attached hydrogens (tertiary/aromatic N) is 4. The van der Waals surface area contributed by atoms with Gasteiger partial charge in [0, 0.05) is 12.7 Å². The van der Waals surface area contributed by atoms with E-state index in [0.717, 1.165) is 22.7 Å². The average Bonchev–Trinajstić information content (AvgIpc) is 3.10. The molecule has 0 aliphatic carbocycles. The Kier molecular flexibility index (Phi) is 4.06. The number of aromatic nitrogens is 3. The molecule has 0 aliphatic heterocycles. The summed E-state index contributed by atoms with van der Waals surface area (Å²) >= 11 is 1.15. The summed E-state index contributed by atoms with van der Waals surface area (Å²) in [7, 11) is 1.79. The fourth-order valence-electron chi connectivity index (χ4n) is 2.43. The minimum absolute atomic E-state index is 0.136. The number of nitriles is 1. The Bertz CT molecular complexity index is 1020. The van der Waals surface area contributed by atoms with Crippen LogP contribution in [0.15, 0.2) is 40.5 Å². The Morgan fingerprint density at radius 1 is 1.38 bits per heavy atom. The molecule has 0 radical (unpaired) electrons. The summed E-state index contributed by atoms with van der Waals surface area (Å²) < 4.78 is 3.30. The van der Waals surface area contributed by atoms with E-state index >= 15 is 0 Å². The maximum Gasteiger partial charge on any atom is 0.278 e. The lowest BCUT2D eigenvalue weighted by Crippen LogP contribution is -2.20. The molecule has 3 rings (SSSR count). The number of rotatable bonds is 3. The lowest BCUT2D eigenvalue weighted by Gasteiger charge is -2.07. The molecule has 0 bridgehead atoms. The highest BCUT2D eigenvalue weighted by atomic mass is 32.1. The summed E-state index contributed by atoms with van der Waals surface area (Å²) in [4.78, 5) is 16.7. The summed E-state index contributed by atoms with van der Waals surface area (Å²) in [5.41, 5.74) is 1.93. The third-order valence-electron chi connectivity index (χ3n) is 3.73. The quantitative estimate of drug-likeness (QED) is 0.744. The smallest absolute Gasteiger partial charge is 0.278 e. The summed E-state index contributed by atoms with van der Waals surface area (Å²) in [5, 5.41) is 20.6. The molecule has 0 spiro atoms. The van der Waals surface area contributed by atoms with Gasteiger partial charge in [-0.1, -0.05) is 18.2 Å². The number of allylic oxidation sites excluding steroid dienone is 1. The third-order valence-corrected chi connectivity index (χ3v) is 4.59. The van der Waals surface area contributed by atoms with Crippen molar-refractivity contribution >= 4 is 23.0 Å². The van der Waals surface area contributed by atoms with Crippen molar-refractivity contribution in [2.45, 2.75) is 6.92 Å². The van der Waals surface area contributed by atoms with E-state index in [1.165, 1.54) is 11.5 Å². The van der Waals surface area contributed by atoms with Gasteiger partial charge in [-0.25, -0.2) is 9.67 Å². The van der Waals surface area contributed by atoms with Crippen molar-refractivity contribution in [1.82, 2.24) is 14.3 Å². The van der Waals surface area contributed by atoms with Crippen LogP contribution in [0.5, 0.6) is 5.88 Å². The van der Waals surface area contributed by atoms with E-state index in [1.54, 1.807) is 16.4 Å². The zero-order chi connectivity index (χ0) is 17.3. The van der Waals surface area contributed by atoms with Gasteiger partial charge < -0.3 is 5.11 Å². The minimum atomic E-state index is -0.213. The van der Waals surface area contributed by atoms with Gasteiger partial charge in [-0.2, -0.15) is 5.26 Å². The summed E-state index contributed by atoms with van der Waals surface area (Å²) in [5.74, 6) is -0.136. The zero-order valence-corrected chi connectivity index (χ0v) is 13.9. The average molecular weight is 338 g/mol. The molecule has 0 aliphatic rings. The first-order chi connectivity index (χ1) is 11.5. The minimum Gasteiger partial charge on any atom is -0.493 e. The van der Waals surface area contributed by atoms with Crippen LogP contribution >= 0.6 is 11.3 Å². The van der Waals surface area contributed by atoms with Crippen molar-refractivity contribution in [3.8, 4) is 17.6 Å². The first-order valence-electron chi connectivity index (χ1n) is 7.13. The van der Waals surface area contributed by atoms with Gasteiger partial charge in [0.15, 0.2) is 0 Å². The van der Waals surface area contributed by atoms with Gasteiger partial charge in [-0.15, -0.1) is 11.3 Å². The van der Waals surface area contributed by atoms with Gasteiger partial charge in [0.2, 0.25) is 5.88 Å². The fraction of sp³-hybridized carbons (Fsp3) is 0.118. The molecule has 0 atom stereocenters. The fourth-order valence-corrected chi connectivity index (χ4v) is 3.08. The van der Waals surface area contributed by atoms with Gasteiger partial charge in [-0.3, -0.25) is 9.48 Å². The predicted octanol–water partition coefficient (Wildman–Crippen LogP) is 2.71. The van der Waals surface area contributed by atoms with Crippen molar-refractivity contribution < 1.29 is 5.11 Å². The van der Waals surface area contributed by atoms with Gasteiger partial charge in [0.1, 0.15) is 11.1 Å². The Balaban J connectivity index is 2.18. The van der Waals surface area contributed by atoms with Crippen LogP contribution in [0.3, 0.4) is 0 Å². The second-order valence-corrected chi connectivity index (χ2v) is 6.01. The molecule has 0 saturated heterocycles. The monoisotopic (exact) mass is 338 g/mol. The van der Waals surface area contributed by atoms with Crippen LogP contribution in [0.2, 0.25) is 0 Å². The van der Waals surface area contributed by atoms with Crippen LogP contribution in [0, 0.1) is 18.3 Å². The number of benzene rings is 1. The molecule has 6 nitrogen and oxygen atoms in total. The molecule has 1 N–H and O–H groups in total. The van der Waals surface area contributed by atoms with Crippen LogP contribution in [-0.2, 0) is 7.05 Å². The normalized spacial score (nSPS) is 11.5. The molecule has 0 unspecified atom stereocenters. The van der Waals surface area contributed by atoms with Crippen LogP contribution < -0.4 is 5.56 Å². The maximum atomic E-state index is 12.8. The van der Waals surface area contributed by atoms with E-state index in [0.29, 0.717) is 10.6 Å². The van der Waals surface area contributed by atoms with E-state index in [1.807, 2.05) is 43.3 Å². The molecular weight excluding hydrogens is 324 g/mol. The Morgan fingerprint density at radius 3 is 2.67 bits per heavy atom. The number of hydrogen-bond donors (Lipinski definition) is 1. The van der Waals surface area contributed by atoms with Crippen LogP contribution in [0.4, 0.5) is 0 Å². The van der Waals surface area contributed by atoms with Crippen LogP contribution in [0.25, 0.3) is 17.3 Å². The second-order valence-electron chi connectivity index (χ2n) is 5.16. The lowest BCUT2D eigenvalue weighted by molar-refractivity contribution is 0.457. The van der Waals surface area contributed by atoms with Gasteiger partial charge >= 0.3 is 0 Å². The third kappa shape index (κ3) is 2.64. The molecule has 0 amide bonds. The summed E-state index contributed by atoms with van der Waals surface area (Å²) in [6.07, 6.45) is 1.52. The summed E-state index contributed by atoms with van der Waals surface area (Å²) in [6, 6.07) is 11.3. The number of para-hydroxylation sites is 1. The molecule has 0 fully saturated rings. The first-order valence-corrected chi connectivity index (χ1v) is 8.01. The van der Waals surface area contributed by atoms with Crippen molar-refractivity contribution in [1.29, 1.82) is 5.26 Å². The van der Waals surface area contributed by atoms with Gasteiger partial charge in [0.25, 0.3) is 5.56 Å². The highest BCUT2D eigenvalue weighted by Crippen LogP contribution is 2.24. The molecule has 2 aromatic heterocycles. The number of thiazole rings is 1. The molecule has 120 valence electrons. The van der Waals surface area contributed by atoms with E-state index in [9.17, 15) is 15.2 Å². The number of aromatic hydroxyl groups is 1. The topological polar surface area (TPSA) is 83.8 Å². The predicted molar refractivity (Wildman–Crippen MR) is 93.0 cm³/mol. The van der Waals surface area contributed by atoms with Gasteiger partial charge in [0.05, 0.1) is 22.2 Å². The van der Waals surface area contributed by atoms with E-state index in [4.69, 9.17) is 0 Å². The SMILES string of the molecule is Cc1c(/C=C(\C#N)c2nc(O)cs2)c(=O)n(-c2ccccc2)n1C. The van der Waals surface area contributed by atoms with E-state index in [-0.39, 0.29) is 17.0 Å². The molecule has 7 heteroatoms. The second kappa shape index (κ2) is 6.18. The molecule has 3 aromatic rings. The zero-order valence-electron chi connectivity index (χ0n) is 13.1. The maximum absolute atomic E-state index is 12.8. The highest BCUT2D eigenvalue weighted by Gasteiger charge is 2.16. The van der Waals surface area contributed by atoms with E-state index in [2.05, 4.69) is 4.98 Å². The van der Waals surface area contributed by atoms with Crippen LogP contribution in [0.1, 0.15) is 16.3 Å². The number of hydrogen-bond acceptors (Lipinski definition) is 5. The van der Waals surface area contributed by atoms with E-state index < -0.39 is 0 Å². The molecular formula is C17H14N4O2S. The van der Waals surface area contributed by atoms with Crippen LogP contribution in [-0.4, -0.2) is 19.5 Å². The standard InChI is InChI=1S/C17H14N4O2S/c1-11-14(8-12(9-18)16-19-15(22)10-24-16)17(23)21(20(11)2)13-6-4-3-5-7-13/h3-8,10,22H,1-2H3/b12-8+. The lowest BCUT2D eigenvalue weighted by atomic mass is 10.1.